The maximum Gasteiger partial charge on any atom is 0.253 e. The summed E-state index contributed by atoms with van der Waals surface area (Å²) in [4.78, 5) is 29.3. The third-order valence-corrected chi connectivity index (χ3v) is 5.25. The number of carbonyl (C=O) groups is 2. The lowest BCUT2D eigenvalue weighted by molar-refractivity contribution is -0.117. The van der Waals surface area contributed by atoms with E-state index in [0.717, 1.165) is 56.7 Å². The molecule has 6 heteroatoms. The Labute approximate surface area is 162 Å². The Balaban J connectivity index is 1.79. The van der Waals surface area contributed by atoms with Crippen molar-refractivity contribution < 1.29 is 9.59 Å². The minimum atomic E-state index is -0.0452. The van der Waals surface area contributed by atoms with Gasteiger partial charge in [0.1, 0.15) is 0 Å². The molecule has 0 unspecified atom stereocenters. The first-order chi connectivity index (χ1) is 13.0. The Kier molecular flexibility index (Phi) is 6.72. The fraction of sp³-hybridized carbons (Fsp3) is 0.619. The molecule has 2 fully saturated rings. The van der Waals surface area contributed by atoms with Crippen LogP contribution in [0.3, 0.4) is 0 Å². The van der Waals surface area contributed by atoms with Crippen LogP contribution in [-0.4, -0.2) is 57.0 Å². The van der Waals surface area contributed by atoms with Crippen molar-refractivity contribution in [2.45, 2.75) is 38.5 Å². The number of hydrogen-bond acceptors (Lipinski definition) is 4. The summed E-state index contributed by atoms with van der Waals surface area (Å²) in [5.74, 6) is 0.219. The highest BCUT2D eigenvalue weighted by atomic mass is 16.2. The minimum absolute atomic E-state index is 0.0452. The fourth-order valence-corrected chi connectivity index (χ4v) is 3.45. The molecule has 0 aromatic heterocycles. The molecule has 1 saturated carbocycles. The second-order valence-corrected chi connectivity index (χ2v) is 7.96. The van der Waals surface area contributed by atoms with Crippen molar-refractivity contribution in [1.82, 2.24) is 10.2 Å². The molecule has 0 atom stereocenters. The van der Waals surface area contributed by atoms with Crippen LogP contribution < -0.4 is 15.5 Å². The van der Waals surface area contributed by atoms with E-state index in [-0.39, 0.29) is 17.7 Å². The second kappa shape index (κ2) is 9.22. The zero-order valence-electron chi connectivity index (χ0n) is 16.6. The standard InChI is InChI=1S/C21H32N4O2/c1-24(2)14-11-22-21(27)18-10-9-17(23-20(26)16-7-8-16)15-19(18)25-12-5-3-4-6-13-25/h9-10,15-16H,3-8,11-14H2,1-2H3,(H,22,27)(H,23,26). The van der Waals surface area contributed by atoms with Crippen LogP contribution in [0.1, 0.15) is 48.9 Å². The molecule has 2 aliphatic rings. The third kappa shape index (κ3) is 5.70. The molecule has 3 rings (SSSR count). The second-order valence-electron chi connectivity index (χ2n) is 7.96. The summed E-state index contributed by atoms with van der Waals surface area (Å²) in [6.45, 7) is 3.34. The molecule has 1 aliphatic heterocycles. The molecule has 2 amide bonds. The number of rotatable bonds is 7. The van der Waals surface area contributed by atoms with Gasteiger partial charge in [0.05, 0.1) is 11.3 Å². The molecule has 6 nitrogen and oxygen atoms in total. The van der Waals surface area contributed by atoms with Gasteiger partial charge in [0.25, 0.3) is 5.91 Å². The van der Waals surface area contributed by atoms with Crippen molar-refractivity contribution >= 4 is 23.2 Å². The molecule has 1 heterocycles. The molecule has 0 spiro atoms. The van der Waals surface area contributed by atoms with E-state index in [4.69, 9.17) is 0 Å². The molecule has 1 aliphatic carbocycles. The lowest BCUT2D eigenvalue weighted by Gasteiger charge is -2.26. The van der Waals surface area contributed by atoms with E-state index in [0.29, 0.717) is 12.1 Å². The number of likely N-dealkylation sites (N-methyl/N-ethyl adjacent to an activating group) is 1. The Morgan fingerprint density at radius 2 is 1.81 bits per heavy atom. The number of nitrogens with zero attached hydrogens (tertiary/aromatic N) is 2. The fourth-order valence-electron chi connectivity index (χ4n) is 3.45. The summed E-state index contributed by atoms with van der Waals surface area (Å²) in [5, 5.41) is 6.04. The van der Waals surface area contributed by atoms with E-state index in [9.17, 15) is 9.59 Å². The molecule has 1 saturated heterocycles. The molecule has 148 valence electrons. The summed E-state index contributed by atoms with van der Waals surface area (Å²) < 4.78 is 0. The maximum absolute atomic E-state index is 12.8. The Morgan fingerprint density at radius 1 is 1.11 bits per heavy atom. The average molecular weight is 373 g/mol. The molecular weight excluding hydrogens is 340 g/mol. The van der Waals surface area contributed by atoms with Crippen LogP contribution in [0.4, 0.5) is 11.4 Å². The van der Waals surface area contributed by atoms with Crippen LogP contribution in [0.15, 0.2) is 18.2 Å². The van der Waals surface area contributed by atoms with Crippen molar-refractivity contribution in [3.63, 3.8) is 0 Å². The topological polar surface area (TPSA) is 64.7 Å². The number of carbonyl (C=O) groups excluding carboxylic acids is 2. The van der Waals surface area contributed by atoms with Crippen molar-refractivity contribution in [1.29, 1.82) is 0 Å². The first kappa shape index (κ1) is 19.7. The van der Waals surface area contributed by atoms with E-state index in [1.165, 1.54) is 12.8 Å². The largest absolute Gasteiger partial charge is 0.371 e. The average Bonchev–Trinajstić information content (AvgIpc) is 3.48. The summed E-state index contributed by atoms with van der Waals surface area (Å²) in [5.41, 5.74) is 2.42. The van der Waals surface area contributed by atoms with E-state index in [1.54, 1.807) is 0 Å². The normalized spacial score (nSPS) is 17.5. The van der Waals surface area contributed by atoms with Gasteiger partial charge in [-0.1, -0.05) is 12.8 Å². The zero-order chi connectivity index (χ0) is 19.2. The Hall–Kier alpha value is -2.08. The van der Waals surface area contributed by atoms with Gasteiger partial charge >= 0.3 is 0 Å². The smallest absolute Gasteiger partial charge is 0.253 e. The summed E-state index contributed by atoms with van der Waals surface area (Å²) in [7, 11) is 3.98. The molecule has 2 N–H and O–H groups in total. The van der Waals surface area contributed by atoms with Crippen molar-refractivity contribution in [2.24, 2.45) is 5.92 Å². The van der Waals surface area contributed by atoms with E-state index >= 15 is 0 Å². The van der Waals surface area contributed by atoms with Gasteiger partial charge in [0, 0.05) is 37.8 Å². The van der Waals surface area contributed by atoms with Crippen molar-refractivity contribution in [3.05, 3.63) is 23.8 Å². The molecule has 27 heavy (non-hydrogen) atoms. The van der Waals surface area contributed by atoms with Gasteiger partial charge in [-0.3, -0.25) is 9.59 Å². The zero-order valence-corrected chi connectivity index (χ0v) is 16.6. The van der Waals surface area contributed by atoms with Crippen molar-refractivity contribution in [3.8, 4) is 0 Å². The number of hydrogen-bond donors (Lipinski definition) is 2. The predicted octanol–water partition coefficient (Wildman–Crippen LogP) is 2.71. The molecule has 1 aromatic rings. The van der Waals surface area contributed by atoms with Crippen LogP contribution >= 0.6 is 0 Å². The number of nitrogens with one attached hydrogen (secondary N) is 2. The third-order valence-electron chi connectivity index (χ3n) is 5.25. The van der Waals surface area contributed by atoms with E-state index < -0.39 is 0 Å². The summed E-state index contributed by atoms with van der Waals surface area (Å²) in [6.07, 6.45) is 6.72. The first-order valence-electron chi connectivity index (χ1n) is 10.2. The first-order valence-corrected chi connectivity index (χ1v) is 10.2. The van der Waals surface area contributed by atoms with Gasteiger partial charge < -0.3 is 20.4 Å². The number of benzene rings is 1. The molecule has 0 bridgehead atoms. The van der Waals surface area contributed by atoms with Crippen LogP contribution in [0.2, 0.25) is 0 Å². The van der Waals surface area contributed by atoms with Gasteiger partial charge in [0.15, 0.2) is 0 Å². The highest BCUT2D eigenvalue weighted by Crippen LogP contribution is 2.32. The number of anilines is 2. The minimum Gasteiger partial charge on any atom is -0.371 e. The van der Waals surface area contributed by atoms with Gasteiger partial charge in [-0.25, -0.2) is 0 Å². The SMILES string of the molecule is CN(C)CCNC(=O)c1ccc(NC(=O)C2CC2)cc1N1CCCCCC1. The molecular formula is C21H32N4O2. The van der Waals surface area contributed by atoms with E-state index in [2.05, 4.69) is 15.5 Å². The van der Waals surface area contributed by atoms with Gasteiger partial charge in [-0.2, -0.15) is 0 Å². The summed E-state index contributed by atoms with van der Waals surface area (Å²) >= 11 is 0. The van der Waals surface area contributed by atoms with Crippen molar-refractivity contribution in [2.75, 3.05) is 50.5 Å². The quantitative estimate of drug-likeness (QED) is 0.772. The van der Waals surface area contributed by atoms with Crippen LogP contribution in [0.5, 0.6) is 0 Å². The lowest BCUT2D eigenvalue weighted by atomic mass is 10.1. The highest BCUT2D eigenvalue weighted by Gasteiger charge is 2.30. The van der Waals surface area contributed by atoms with Crippen LogP contribution in [0, 0.1) is 5.92 Å². The lowest BCUT2D eigenvalue weighted by Crippen LogP contribution is -2.33. The van der Waals surface area contributed by atoms with Gasteiger partial charge in [0.2, 0.25) is 5.91 Å². The van der Waals surface area contributed by atoms with Crippen LogP contribution in [-0.2, 0) is 4.79 Å². The maximum atomic E-state index is 12.8. The summed E-state index contributed by atoms with van der Waals surface area (Å²) in [6, 6.07) is 5.68. The molecule has 1 aromatic carbocycles. The Bertz CT molecular complexity index is 662. The van der Waals surface area contributed by atoms with Gasteiger partial charge in [-0.15, -0.1) is 0 Å². The van der Waals surface area contributed by atoms with E-state index in [1.807, 2.05) is 37.2 Å². The van der Waals surface area contributed by atoms with Crippen LogP contribution in [0.25, 0.3) is 0 Å². The molecule has 0 radical (unpaired) electrons. The Morgan fingerprint density at radius 3 is 2.44 bits per heavy atom. The van der Waals surface area contributed by atoms with Gasteiger partial charge in [-0.05, 0) is 58.0 Å². The predicted molar refractivity (Wildman–Crippen MR) is 109 cm³/mol. The monoisotopic (exact) mass is 372 g/mol. The number of amides is 2. The highest BCUT2D eigenvalue weighted by molar-refractivity contribution is 6.02.